The highest BCUT2D eigenvalue weighted by Gasteiger charge is 2.32. The van der Waals surface area contributed by atoms with Crippen LogP contribution in [0, 0.1) is 0 Å². The molecule has 0 saturated heterocycles. The number of rotatable bonds is 0. The molecule has 1 aliphatic heterocycles. The number of halogens is 1. The first-order chi connectivity index (χ1) is 7.33. The lowest BCUT2D eigenvalue weighted by Crippen LogP contribution is -2.23. The highest BCUT2D eigenvalue weighted by molar-refractivity contribution is 9.09. The minimum absolute atomic E-state index is 0.451. The van der Waals surface area contributed by atoms with E-state index in [2.05, 4.69) is 40.2 Å². The average molecular weight is 267 g/mol. The summed E-state index contributed by atoms with van der Waals surface area (Å²) in [6, 6.07) is 8.53. The van der Waals surface area contributed by atoms with E-state index in [0.717, 1.165) is 5.75 Å². The Morgan fingerprint density at radius 1 is 1.13 bits per heavy atom. The summed E-state index contributed by atoms with van der Waals surface area (Å²) >= 11 is 3.77. The lowest BCUT2D eigenvalue weighted by atomic mass is 9.88. The van der Waals surface area contributed by atoms with E-state index >= 15 is 0 Å². The highest BCUT2D eigenvalue weighted by Crippen LogP contribution is 2.43. The third kappa shape index (κ3) is 1.80. The van der Waals surface area contributed by atoms with Gasteiger partial charge in [0.25, 0.3) is 0 Å². The van der Waals surface area contributed by atoms with Gasteiger partial charge in [0.15, 0.2) is 0 Å². The van der Waals surface area contributed by atoms with Crippen molar-refractivity contribution in [3.8, 4) is 5.75 Å². The molecule has 0 radical (unpaired) electrons. The Hall–Kier alpha value is -0.500. The molecular formula is C13H15BrO. The Bertz CT molecular complexity index is 363. The zero-order chi connectivity index (χ0) is 10.3. The summed E-state index contributed by atoms with van der Waals surface area (Å²) < 4.78 is 6.01. The second-order valence-electron chi connectivity index (χ2n) is 4.62. The highest BCUT2D eigenvalue weighted by atomic mass is 79.9. The molecule has 0 amide bonds. The quantitative estimate of drug-likeness (QED) is 0.648. The van der Waals surface area contributed by atoms with Crippen LogP contribution >= 0.6 is 15.9 Å². The number of para-hydroxylation sites is 1. The fourth-order valence-electron chi connectivity index (χ4n) is 2.79. The first-order valence-electron chi connectivity index (χ1n) is 5.72. The molecule has 0 N–H and O–H groups in total. The SMILES string of the molecule is BrC1CCC2CC(C1)c1ccccc1O2. The van der Waals surface area contributed by atoms with Gasteiger partial charge in [-0.15, -0.1) is 0 Å². The van der Waals surface area contributed by atoms with E-state index in [1.807, 2.05) is 0 Å². The molecule has 0 spiro atoms. The van der Waals surface area contributed by atoms with E-state index in [-0.39, 0.29) is 0 Å². The predicted molar refractivity (Wildman–Crippen MR) is 64.8 cm³/mol. The largest absolute Gasteiger partial charge is 0.490 e. The zero-order valence-corrected chi connectivity index (χ0v) is 10.2. The smallest absolute Gasteiger partial charge is 0.123 e. The van der Waals surface area contributed by atoms with Crippen molar-refractivity contribution in [2.75, 3.05) is 0 Å². The van der Waals surface area contributed by atoms with Gasteiger partial charge in [0, 0.05) is 4.83 Å². The molecule has 1 fully saturated rings. The lowest BCUT2D eigenvalue weighted by molar-refractivity contribution is 0.157. The summed E-state index contributed by atoms with van der Waals surface area (Å²) in [6.45, 7) is 0. The van der Waals surface area contributed by atoms with Crippen LogP contribution in [0.1, 0.15) is 37.2 Å². The van der Waals surface area contributed by atoms with Gasteiger partial charge in [-0.05, 0) is 43.2 Å². The summed E-state index contributed by atoms with van der Waals surface area (Å²) in [5.74, 6) is 1.83. The van der Waals surface area contributed by atoms with Crippen LogP contribution in [0.3, 0.4) is 0 Å². The van der Waals surface area contributed by atoms with Crippen LogP contribution < -0.4 is 4.74 Å². The Labute approximate surface area is 99.0 Å². The van der Waals surface area contributed by atoms with Gasteiger partial charge in [0.05, 0.1) is 6.10 Å². The van der Waals surface area contributed by atoms with Crippen LogP contribution in [0.15, 0.2) is 24.3 Å². The minimum Gasteiger partial charge on any atom is -0.490 e. The van der Waals surface area contributed by atoms with Crippen LogP contribution in [0.4, 0.5) is 0 Å². The van der Waals surface area contributed by atoms with Gasteiger partial charge in [0.1, 0.15) is 5.75 Å². The first kappa shape index (κ1) is 9.71. The Morgan fingerprint density at radius 3 is 2.93 bits per heavy atom. The van der Waals surface area contributed by atoms with Crippen molar-refractivity contribution in [1.29, 1.82) is 0 Å². The molecule has 1 saturated carbocycles. The van der Waals surface area contributed by atoms with Crippen LogP contribution in [0.2, 0.25) is 0 Å². The van der Waals surface area contributed by atoms with E-state index in [1.165, 1.54) is 31.2 Å². The number of hydrogen-bond donors (Lipinski definition) is 0. The summed E-state index contributed by atoms with van der Waals surface area (Å²) in [7, 11) is 0. The number of fused-ring (bicyclic) bond motifs is 4. The third-order valence-corrected chi connectivity index (χ3v) is 4.37. The van der Waals surface area contributed by atoms with Gasteiger partial charge in [-0.3, -0.25) is 0 Å². The lowest BCUT2D eigenvalue weighted by Gasteiger charge is -2.30. The third-order valence-electron chi connectivity index (χ3n) is 3.54. The molecule has 0 aromatic heterocycles. The number of alkyl halides is 1. The number of benzene rings is 1. The summed E-state index contributed by atoms with van der Waals surface area (Å²) in [6.07, 6.45) is 5.36. The molecule has 2 heteroatoms. The molecule has 1 heterocycles. The van der Waals surface area contributed by atoms with Gasteiger partial charge in [-0.1, -0.05) is 34.1 Å². The van der Waals surface area contributed by atoms with Crippen LogP contribution in [-0.4, -0.2) is 10.9 Å². The summed E-state index contributed by atoms with van der Waals surface area (Å²) in [5, 5.41) is 0. The van der Waals surface area contributed by atoms with Crippen molar-refractivity contribution in [3.05, 3.63) is 29.8 Å². The number of ether oxygens (including phenoxy) is 1. The fourth-order valence-corrected chi connectivity index (χ4v) is 3.51. The molecule has 1 aromatic rings. The minimum atomic E-state index is 0.451. The zero-order valence-electron chi connectivity index (χ0n) is 8.66. The topological polar surface area (TPSA) is 9.23 Å². The Morgan fingerprint density at radius 2 is 2.00 bits per heavy atom. The van der Waals surface area contributed by atoms with E-state index in [4.69, 9.17) is 4.74 Å². The summed E-state index contributed by atoms with van der Waals surface area (Å²) in [5.41, 5.74) is 1.42. The maximum atomic E-state index is 6.01. The molecule has 3 atom stereocenters. The van der Waals surface area contributed by atoms with Crippen molar-refractivity contribution >= 4 is 15.9 Å². The van der Waals surface area contributed by atoms with Gasteiger partial charge in [-0.2, -0.15) is 0 Å². The molecule has 2 aliphatic rings. The van der Waals surface area contributed by atoms with Gasteiger partial charge in [0.2, 0.25) is 0 Å². The van der Waals surface area contributed by atoms with E-state index in [9.17, 15) is 0 Å². The Balaban J connectivity index is 1.99. The normalized spacial score (nSPS) is 33.8. The van der Waals surface area contributed by atoms with Crippen LogP contribution in [-0.2, 0) is 0 Å². The van der Waals surface area contributed by atoms with Gasteiger partial charge >= 0.3 is 0 Å². The first-order valence-corrected chi connectivity index (χ1v) is 6.64. The van der Waals surface area contributed by atoms with Crippen molar-refractivity contribution in [1.82, 2.24) is 0 Å². The molecule has 3 rings (SSSR count). The van der Waals surface area contributed by atoms with E-state index < -0.39 is 0 Å². The predicted octanol–water partition coefficient (Wildman–Crippen LogP) is 3.87. The molecule has 3 unspecified atom stereocenters. The van der Waals surface area contributed by atoms with Crippen molar-refractivity contribution < 1.29 is 4.74 Å². The Kier molecular flexibility index (Phi) is 2.47. The van der Waals surface area contributed by atoms with Gasteiger partial charge < -0.3 is 4.74 Å². The van der Waals surface area contributed by atoms with Crippen molar-refractivity contribution in [2.24, 2.45) is 0 Å². The molecule has 1 nitrogen and oxygen atoms in total. The van der Waals surface area contributed by atoms with Crippen LogP contribution in [0.25, 0.3) is 0 Å². The molecule has 80 valence electrons. The molecular weight excluding hydrogens is 252 g/mol. The number of hydrogen-bond acceptors (Lipinski definition) is 1. The van der Waals surface area contributed by atoms with E-state index in [0.29, 0.717) is 16.8 Å². The molecule has 2 bridgehead atoms. The fraction of sp³-hybridized carbons (Fsp3) is 0.538. The monoisotopic (exact) mass is 266 g/mol. The summed E-state index contributed by atoms with van der Waals surface area (Å²) in [4.78, 5) is 0.669. The maximum absolute atomic E-state index is 6.01. The maximum Gasteiger partial charge on any atom is 0.123 e. The van der Waals surface area contributed by atoms with Crippen molar-refractivity contribution in [2.45, 2.75) is 42.5 Å². The standard InChI is InChI=1S/C13H15BrO/c14-10-5-6-11-8-9(7-10)12-3-1-2-4-13(12)15-11/h1-4,9-11H,5-8H2. The molecule has 15 heavy (non-hydrogen) atoms. The second kappa shape index (κ2) is 3.82. The van der Waals surface area contributed by atoms with Crippen molar-refractivity contribution in [3.63, 3.8) is 0 Å². The second-order valence-corrected chi connectivity index (χ2v) is 5.92. The average Bonchev–Trinajstić information content (AvgIpc) is 2.40. The molecule has 1 aliphatic carbocycles. The van der Waals surface area contributed by atoms with Gasteiger partial charge in [-0.25, -0.2) is 0 Å². The van der Waals surface area contributed by atoms with E-state index in [1.54, 1.807) is 0 Å². The molecule has 1 aromatic carbocycles. The van der Waals surface area contributed by atoms with Crippen LogP contribution in [0.5, 0.6) is 5.75 Å².